The third-order valence-electron chi connectivity index (χ3n) is 4.64. The number of benzene rings is 1. The highest BCUT2D eigenvalue weighted by molar-refractivity contribution is 7.92. The minimum absolute atomic E-state index is 0.0363. The van der Waals surface area contributed by atoms with Crippen molar-refractivity contribution in [3.8, 4) is 0 Å². The molecule has 8 heteroatoms. The number of nitrogens with zero attached hydrogens (tertiary/aromatic N) is 2. The lowest BCUT2D eigenvalue weighted by molar-refractivity contribution is -0.116. The van der Waals surface area contributed by atoms with Crippen LogP contribution in [0.3, 0.4) is 0 Å². The van der Waals surface area contributed by atoms with Gasteiger partial charge in [0.1, 0.15) is 0 Å². The Morgan fingerprint density at radius 1 is 1.21 bits per heavy atom. The molecule has 0 saturated heterocycles. The molecule has 0 bridgehead atoms. The summed E-state index contributed by atoms with van der Waals surface area (Å²) in [4.78, 5) is 11.7. The van der Waals surface area contributed by atoms with Crippen LogP contribution in [0.15, 0.2) is 23.1 Å². The van der Waals surface area contributed by atoms with Crippen LogP contribution in [0.5, 0.6) is 0 Å². The Balaban J connectivity index is 1.75. The first-order chi connectivity index (χ1) is 11.5. The number of aromatic nitrogens is 2. The monoisotopic (exact) mass is 346 g/mol. The number of aromatic amines is 1. The number of anilines is 2. The molecule has 0 aliphatic carbocycles. The molecule has 1 amide bonds. The molecule has 2 aliphatic rings. The van der Waals surface area contributed by atoms with Crippen LogP contribution in [0.25, 0.3) is 0 Å². The van der Waals surface area contributed by atoms with Gasteiger partial charge in [0.15, 0.2) is 5.82 Å². The average molecular weight is 346 g/mol. The van der Waals surface area contributed by atoms with E-state index in [-0.39, 0.29) is 10.8 Å². The van der Waals surface area contributed by atoms with Gasteiger partial charge in [-0.3, -0.25) is 9.89 Å². The number of carbonyl (C=O) groups excluding carboxylic acids is 1. The molecule has 3 heterocycles. The van der Waals surface area contributed by atoms with Crippen molar-refractivity contribution in [2.24, 2.45) is 0 Å². The summed E-state index contributed by atoms with van der Waals surface area (Å²) >= 11 is 0. The molecule has 2 aromatic rings. The first kappa shape index (κ1) is 15.2. The Labute approximate surface area is 140 Å². The van der Waals surface area contributed by atoms with Crippen molar-refractivity contribution >= 4 is 27.4 Å². The molecule has 0 atom stereocenters. The van der Waals surface area contributed by atoms with Gasteiger partial charge in [-0.1, -0.05) is 0 Å². The summed E-state index contributed by atoms with van der Waals surface area (Å²) in [5.74, 6) is 0.468. The van der Waals surface area contributed by atoms with E-state index in [9.17, 15) is 13.2 Å². The number of aryl methyl sites for hydroxylation is 2. The molecular formula is C16H18N4O3S. The molecule has 2 N–H and O–H groups in total. The predicted octanol–water partition coefficient (Wildman–Crippen LogP) is 1.74. The van der Waals surface area contributed by atoms with Crippen molar-refractivity contribution in [1.82, 2.24) is 10.2 Å². The molecule has 0 fully saturated rings. The summed E-state index contributed by atoms with van der Waals surface area (Å²) in [7, 11) is -3.67. The standard InChI is InChI=1S/C16H18N4O3S/c1-10-13-3-2-8-20(16(13)19-18-10)24(22,23)12-5-6-14-11(9-12)4-7-15(21)17-14/h5-6,9H,2-4,7-8H2,1H3,(H,17,21)(H,18,19). The van der Waals surface area contributed by atoms with Crippen LogP contribution >= 0.6 is 0 Å². The lowest BCUT2D eigenvalue weighted by atomic mass is 10.0. The van der Waals surface area contributed by atoms with Gasteiger partial charge in [0.05, 0.1) is 4.90 Å². The van der Waals surface area contributed by atoms with Crippen molar-refractivity contribution in [2.45, 2.75) is 37.5 Å². The number of H-pyrrole nitrogens is 1. The first-order valence-electron chi connectivity index (χ1n) is 7.96. The van der Waals surface area contributed by atoms with Crippen LogP contribution in [-0.2, 0) is 27.7 Å². The summed E-state index contributed by atoms with van der Waals surface area (Å²) in [6.07, 6.45) is 2.54. The minimum Gasteiger partial charge on any atom is -0.326 e. The average Bonchev–Trinajstić information content (AvgIpc) is 2.95. The molecule has 1 aromatic heterocycles. The summed E-state index contributed by atoms with van der Waals surface area (Å²) in [5, 5.41) is 9.85. The fourth-order valence-corrected chi connectivity index (χ4v) is 4.87. The number of rotatable bonds is 2. The van der Waals surface area contributed by atoms with E-state index in [1.165, 1.54) is 4.31 Å². The topological polar surface area (TPSA) is 95.2 Å². The fourth-order valence-electron chi connectivity index (χ4n) is 3.33. The Hall–Kier alpha value is -2.35. The van der Waals surface area contributed by atoms with Crippen molar-refractivity contribution in [3.05, 3.63) is 35.0 Å². The third kappa shape index (κ3) is 2.29. The molecule has 2 aliphatic heterocycles. The smallest absolute Gasteiger partial charge is 0.265 e. The number of fused-ring (bicyclic) bond motifs is 2. The van der Waals surface area contributed by atoms with E-state index in [4.69, 9.17) is 0 Å². The number of amides is 1. The zero-order chi connectivity index (χ0) is 16.9. The van der Waals surface area contributed by atoms with Gasteiger partial charge in [0.2, 0.25) is 5.91 Å². The Morgan fingerprint density at radius 2 is 2.04 bits per heavy atom. The van der Waals surface area contributed by atoms with E-state index < -0.39 is 10.0 Å². The second-order valence-electron chi connectivity index (χ2n) is 6.20. The first-order valence-corrected chi connectivity index (χ1v) is 9.40. The van der Waals surface area contributed by atoms with E-state index in [2.05, 4.69) is 15.5 Å². The van der Waals surface area contributed by atoms with Crippen LogP contribution in [0.2, 0.25) is 0 Å². The van der Waals surface area contributed by atoms with Crippen LogP contribution in [-0.4, -0.2) is 31.1 Å². The molecule has 0 saturated carbocycles. The van der Waals surface area contributed by atoms with E-state index in [0.717, 1.165) is 29.7 Å². The number of hydrogen-bond acceptors (Lipinski definition) is 4. The van der Waals surface area contributed by atoms with Gasteiger partial charge in [-0.15, -0.1) is 0 Å². The highest BCUT2D eigenvalue weighted by atomic mass is 32.2. The molecule has 7 nitrogen and oxygen atoms in total. The SMILES string of the molecule is Cc1[nH]nc2c1CCCN2S(=O)(=O)c1ccc2c(c1)CCC(=O)N2. The second-order valence-corrected chi connectivity index (χ2v) is 8.06. The zero-order valence-corrected chi connectivity index (χ0v) is 14.1. The third-order valence-corrected chi connectivity index (χ3v) is 6.42. The van der Waals surface area contributed by atoms with Crippen molar-refractivity contribution < 1.29 is 13.2 Å². The normalized spacial score (nSPS) is 17.2. The molecular weight excluding hydrogens is 328 g/mol. The quantitative estimate of drug-likeness (QED) is 0.866. The fraction of sp³-hybridized carbons (Fsp3) is 0.375. The number of nitrogens with one attached hydrogen (secondary N) is 2. The number of carbonyl (C=O) groups is 1. The molecule has 0 spiro atoms. The lowest BCUT2D eigenvalue weighted by Crippen LogP contribution is -2.35. The van der Waals surface area contributed by atoms with E-state index in [0.29, 0.717) is 30.9 Å². The van der Waals surface area contributed by atoms with Gasteiger partial charge < -0.3 is 5.32 Å². The molecule has 126 valence electrons. The molecule has 0 unspecified atom stereocenters. The molecule has 1 aromatic carbocycles. The van der Waals surface area contributed by atoms with Gasteiger partial charge >= 0.3 is 0 Å². The maximum atomic E-state index is 13.1. The van der Waals surface area contributed by atoms with Crippen LogP contribution in [0.1, 0.15) is 29.7 Å². The highest BCUT2D eigenvalue weighted by Crippen LogP contribution is 2.33. The van der Waals surface area contributed by atoms with Crippen LogP contribution in [0.4, 0.5) is 11.5 Å². The van der Waals surface area contributed by atoms with Gasteiger partial charge in [-0.05, 0) is 49.9 Å². The molecule has 24 heavy (non-hydrogen) atoms. The minimum atomic E-state index is -3.67. The van der Waals surface area contributed by atoms with Gasteiger partial charge in [0.25, 0.3) is 10.0 Å². The Bertz CT molecular complexity index is 933. The van der Waals surface area contributed by atoms with E-state index >= 15 is 0 Å². The Kier molecular flexibility index (Phi) is 3.38. The van der Waals surface area contributed by atoms with Crippen molar-refractivity contribution in [2.75, 3.05) is 16.2 Å². The van der Waals surface area contributed by atoms with Gasteiger partial charge in [0, 0.05) is 29.9 Å². The van der Waals surface area contributed by atoms with E-state index in [1.54, 1.807) is 18.2 Å². The highest BCUT2D eigenvalue weighted by Gasteiger charge is 2.32. The summed E-state index contributed by atoms with van der Waals surface area (Å²) in [5.41, 5.74) is 3.43. The zero-order valence-electron chi connectivity index (χ0n) is 13.3. The second kappa shape index (κ2) is 5.34. The number of sulfonamides is 1. The lowest BCUT2D eigenvalue weighted by Gasteiger charge is -2.27. The number of hydrogen-bond donors (Lipinski definition) is 2. The largest absolute Gasteiger partial charge is 0.326 e. The summed E-state index contributed by atoms with van der Waals surface area (Å²) in [6, 6.07) is 4.88. The maximum absolute atomic E-state index is 13.1. The predicted molar refractivity (Wildman–Crippen MR) is 89.6 cm³/mol. The van der Waals surface area contributed by atoms with Crippen molar-refractivity contribution in [1.29, 1.82) is 0 Å². The Morgan fingerprint density at radius 3 is 2.88 bits per heavy atom. The summed E-state index contributed by atoms with van der Waals surface area (Å²) in [6.45, 7) is 2.33. The van der Waals surface area contributed by atoms with Gasteiger partial charge in [-0.25, -0.2) is 12.7 Å². The van der Waals surface area contributed by atoms with Crippen LogP contribution < -0.4 is 9.62 Å². The van der Waals surface area contributed by atoms with E-state index in [1.807, 2.05) is 6.92 Å². The summed E-state index contributed by atoms with van der Waals surface area (Å²) < 4.78 is 27.6. The van der Waals surface area contributed by atoms with Gasteiger partial charge in [-0.2, -0.15) is 5.10 Å². The molecule has 0 radical (unpaired) electrons. The van der Waals surface area contributed by atoms with Crippen molar-refractivity contribution in [3.63, 3.8) is 0 Å². The maximum Gasteiger partial charge on any atom is 0.265 e. The van der Waals surface area contributed by atoms with Crippen LogP contribution in [0, 0.1) is 6.92 Å². The molecule has 4 rings (SSSR count).